The second kappa shape index (κ2) is 12.9. The minimum Gasteiger partial charge on any atom is -0.495 e. The highest BCUT2D eigenvalue weighted by molar-refractivity contribution is 14.1. The number of rotatable bonds is 8. The van der Waals surface area contributed by atoms with Crippen LogP contribution in [0.3, 0.4) is 0 Å². The lowest BCUT2D eigenvalue weighted by Gasteiger charge is -2.26. The predicted octanol–water partition coefficient (Wildman–Crippen LogP) is 5.55. The Kier molecular flexibility index (Phi) is 9.29. The lowest BCUT2D eigenvalue weighted by atomic mass is 9.93. The van der Waals surface area contributed by atoms with E-state index in [2.05, 4.69) is 45.2 Å². The molecule has 0 aliphatic carbocycles. The van der Waals surface area contributed by atoms with Gasteiger partial charge in [-0.3, -0.25) is 9.36 Å². The molecule has 0 bridgehead atoms. The highest BCUT2D eigenvalue weighted by atomic mass is 127. The summed E-state index contributed by atoms with van der Waals surface area (Å²) in [5.74, 6) is 0.878. The van der Waals surface area contributed by atoms with Gasteiger partial charge in [0, 0.05) is 14.7 Å². The fraction of sp³-hybridized carbons (Fsp3) is 0.194. The summed E-state index contributed by atoms with van der Waals surface area (Å²) in [6.45, 7) is 4.40. The Morgan fingerprint density at radius 1 is 1.05 bits per heavy atom. The molecular formula is C31H26I2N2O5S. The Morgan fingerprint density at radius 2 is 1.78 bits per heavy atom. The van der Waals surface area contributed by atoms with Gasteiger partial charge in [0.25, 0.3) is 5.56 Å². The summed E-state index contributed by atoms with van der Waals surface area (Å²) >= 11 is 5.76. The normalized spacial score (nSPS) is 14.9. The van der Waals surface area contributed by atoms with Gasteiger partial charge in [-0.15, -0.1) is 0 Å². The van der Waals surface area contributed by atoms with Gasteiger partial charge in [-0.25, -0.2) is 9.79 Å². The van der Waals surface area contributed by atoms with Crippen molar-refractivity contribution in [2.45, 2.75) is 19.9 Å². The number of nitrogens with zero attached hydrogens (tertiary/aromatic N) is 2. The molecule has 1 aliphatic heterocycles. The van der Waals surface area contributed by atoms with E-state index in [1.807, 2.05) is 79.7 Å². The molecule has 4 aromatic rings. The molecule has 0 N–H and O–H groups in total. The van der Waals surface area contributed by atoms with Crippen LogP contribution in [0, 0.1) is 7.14 Å². The standard InChI is InChI=1S/C31H26I2N2O5S/c1-4-39-22-13-11-19(12-14-22)27-25(30(37)40-5-2)26(18-9-7-6-8-10-18)34-31-35(27)29(36)24(41-31)16-20-15-21(32)17-23(33)28(20)38-3/h6-17,27H,4-5H2,1-3H3/b24-16-/t27-/m1/s1. The summed E-state index contributed by atoms with van der Waals surface area (Å²) < 4.78 is 20.9. The fourth-order valence-corrected chi connectivity index (χ4v) is 7.81. The SMILES string of the molecule is CCOC(=O)C1=C(c2ccccc2)N=c2s/c(=C\c3cc(I)cc(I)c3OC)c(=O)n2[C@@H]1c1ccc(OCC)cc1. The van der Waals surface area contributed by atoms with E-state index < -0.39 is 12.0 Å². The molecule has 10 heteroatoms. The number of hydrogen-bond donors (Lipinski definition) is 0. The molecule has 0 unspecified atom stereocenters. The van der Waals surface area contributed by atoms with Gasteiger partial charge in [-0.1, -0.05) is 53.8 Å². The van der Waals surface area contributed by atoms with Crippen molar-refractivity contribution >= 4 is 74.3 Å². The van der Waals surface area contributed by atoms with Crippen LogP contribution in [0.25, 0.3) is 11.8 Å². The summed E-state index contributed by atoms with van der Waals surface area (Å²) in [7, 11) is 1.62. The smallest absolute Gasteiger partial charge is 0.338 e. The van der Waals surface area contributed by atoms with Crippen molar-refractivity contribution < 1.29 is 19.0 Å². The van der Waals surface area contributed by atoms with Gasteiger partial charge < -0.3 is 14.2 Å². The zero-order chi connectivity index (χ0) is 29.1. The van der Waals surface area contributed by atoms with Gasteiger partial charge >= 0.3 is 5.97 Å². The number of thiazole rings is 1. The number of ether oxygens (including phenoxy) is 3. The Morgan fingerprint density at radius 3 is 2.44 bits per heavy atom. The highest BCUT2D eigenvalue weighted by Crippen LogP contribution is 2.36. The molecular weight excluding hydrogens is 766 g/mol. The zero-order valence-corrected chi connectivity index (χ0v) is 27.7. The van der Waals surface area contributed by atoms with Crippen LogP contribution in [-0.4, -0.2) is 30.9 Å². The molecule has 0 saturated carbocycles. The fourth-order valence-electron chi connectivity index (χ4n) is 4.71. The molecule has 0 fully saturated rings. The number of fused-ring (bicyclic) bond motifs is 1. The summed E-state index contributed by atoms with van der Waals surface area (Å²) in [6.07, 6.45) is 1.83. The number of carbonyl (C=O) groups is 1. The van der Waals surface area contributed by atoms with E-state index in [1.54, 1.807) is 18.6 Å². The molecule has 0 spiro atoms. The van der Waals surface area contributed by atoms with E-state index in [0.29, 0.717) is 38.7 Å². The number of carbonyl (C=O) groups excluding carboxylic acids is 1. The average molecular weight is 792 g/mol. The van der Waals surface area contributed by atoms with E-state index in [0.717, 1.165) is 23.8 Å². The van der Waals surface area contributed by atoms with Crippen molar-refractivity contribution in [3.8, 4) is 11.5 Å². The molecule has 210 valence electrons. The van der Waals surface area contributed by atoms with Crippen LogP contribution in [0.1, 0.15) is 36.6 Å². The van der Waals surface area contributed by atoms with Gasteiger partial charge in [0.2, 0.25) is 0 Å². The maximum absolute atomic E-state index is 14.1. The Balaban J connectivity index is 1.82. The van der Waals surface area contributed by atoms with Crippen LogP contribution in [0.5, 0.6) is 11.5 Å². The topological polar surface area (TPSA) is 79.1 Å². The van der Waals surface area contributed by atoms with E-state index in [4.69, 9.17) is 19.2 Å². The largest absolute Gasteiger partial charge is 0.495 e. The molecule has 7 nitrogen and oxygen atoms in total. The van der Waals surface area contributed by atoms with Crippen LogP contribution in [0.4, 0.5) is 0 Å². The summed E-state index contributed by atoms with van der Waals surface area (Å²) in [6, 6.07) is 20.2. The minimum absolute atomic E-state index is 0.190. The van der Waals surface area contributed by atoms with Crippen LogP contribution >= 0.6 is 56.5 Å². The van der Waals surface area contributed by atoms with Gasteiger partial charge in [-0.05, 0) is 94.9 Å². The molecule has 1 atom stereocenters. The van der Waals surface area contributed by atoms with Gasteiger partial charge in [0.15, 0.2) is 4.80 Å². The van der Waals surface area contributed by atoms with Crippen molar-refractivity contribution in [1.29, 1.82) is 0 Å². The molecule has 0 saturated heterocycles. The number of methoxy groups -OCH3 is 1. The third-order valence-electron chi connectivity index (χ3n) is 6.41. The zero-order valence-electron chi connectivity index (χ0n) is 22.5. The first-order valence-electron chi connectivity index (χ1n) is 12.9. The molecule has 0 radical (unpaired) electrons. The van der Waals surface area contributed by atoms with Crippen molar-refractivity contribution in [1.82, 2.24) is 4.57 Å². The first kappa shape index (κ1) is 29.5. The van der Waals surface area contributed by atoms with E-state index in [1.165, 1.54) is 11.3 Å². The second-order valence-corrected chi connectivity index (χ2v) is 12.4. The molecule has 0 amide bonds. The lowest BCUT2D eigenvalue weighted by Crippen LogP contribution is -2.40. The van der Waals surface area contributed by atoms with Crippen molar-refractivity contribution in [3.63, 3.8) is 0 Å². The van der Waals surface area contributed by atoms with Crippen LogP contribution < -0.4 is 24.4 Å². The molecule has 2 heterocycles. The summed E-state index contributed by atoms with van der Waals surface area (Å²) in [4.78, 5) is 33.2. The monoisotopic (exact) mass is 792 g/mol. The average Bonchev–Trinajstić information content (AvgIpc) is 3.27. The molecule has 5 rings (SSSR count). The van der Waals surface area contributed by atoms with Crippen LogP contribution in [-0.2, 0) is 9.53 Å². The van der Waals surface area contributed by atoms with Gasteiger partial charge in [-0.2, -0.15) is 0 Å². The number of aromatic nitrogens is 1. The van der Waals surface area contributed by atoms with E-state index >= 15 is 0 Å². The molecule has 41 heavy (non-hydrogen) atoms. The van der Waals surface area contributed by atoms with Crippen molar-refractivity contribution in [3.05, 3.63) is 116 Å². The molecule has 1 aromatic heterocycles. The number of esters is 1. The van der Waals surface area contributed by atoms with E-state index in [-0.39, 0.29) is 12.2 Å². The number of halogens is 2. The molecule has 1 aliphatic rings. The van der Waals surface area contributed by atoms with E-state index in [9.17, 15) is 9.59 Å². The second-order valence-electron chi connectivity index (χ2n) is 8.94. The summed E-state index contributed by atoms with van der Waals surface area (Å²) in [5.41, 5.74) is 2.84. The minimum atomic E-state index is -0.753. The van der Waals surface area contributed by atoms with Gasteiger partial charge in [0.1, 0.15) is 11.5 Å². The number of hydrogen-bond acceptors (Lipinski definition) is 7. The maximum atomic E-state index is 14.1. The highest BCUT2D eigenvalue weighted by Gasteiger charge is 2.35. The quantitative estimate of drug-likeness (QED) is 0.173. The molecule has 3 aromatic carbocycles. The van der Waals surface area contributed by atoms with Crippen LogP contribution in [0.15, 0.2) is 82.1 Å². The third-order valence-corrected chi connectivity index (χ3v) is 8.82. The number of benzene rings is 3. The Hall–Kier alpha value is -2.97. The predicted molar refractivity (Wildman–Crippen MR) is 177 cm³/mol. The lowest BCUT2D eigenvalue weighted by molar-refractivity contribution is -0.138. The maximum Gasteiger partial charge on any atom is 0.338 e. The van der Waals surface area contributed by atoms with Crippen molar-refractivity contribution in [2.24, 2.45) is 4.99 Å². The summed E-state index contributed by atoms with van der Waals surface area (Å²) in [5, 5.41) is 0. The third kappa shape index (κ3) is 6.00. The first-order chi connectivity index (χ1) is 19.9. The van der Waals surface area contributed by atoms with Gasteiger partial charge in [0.05, 0.1) is 45.7 Å². The Bertz CT molecular complexity index is 1810. The van der Waals surface area contributed by atoms with Crippen LogP contribution in [0.2, 0.25) is 0 Å². The first-order valence-corrected chi connectivity index (χ1v) is 15.9. The Labute approximate surface area is 268 Å². The van der Waals surface area contributed by atoms with Crippen molar-refractivity contribution in [2.75, 3.05) is 20.3 Å².